The van der Waals surface area contributed by atoms with E-state index in [0.29, 0.717) is 12.4 Å². The number of nitrogens with one attached hydrogen (secondary N) is 1. The Morgan fingerprint density at radius 3 is 2.89 bits per heavy atom. The Labute approximate surface area is 158 Å². The number of ether oxygens (including phenoxy) is 1. The maximum absolute atomic E-state index is 13.0. The smallest absolute Gasteiger partial charge is 0.245 e. The van der Waals surface area contributed by atoms with E-state index in [1.54, 1.807) is 31.6 Å². The van der Waals surface area contributed by atoms with Crippen molar-refractivity contribution in [1.82, 2.24) is 19.3 Å². The standard InChI is InChI=1S/C19H20N4O3S/c1-26-15-6-2-5-14(11-15)17-13-21-19(22-17)18-8-4-10-23(18)27(24,25)16-7-3-9-20-12-16/h2-3,5-7,9,11-13,18H,4,8,10H2,1H3,(H,21,22)/t18-/m0/s1. The lowest BCUT2D eigenvalue weighted by Gasteiger charge is -2.22. The van der Waals surface area contributed by atoms with Crippen molar-refractivity contribution < 1.29 is 13.2 Å². The summed E-state index contributed by atoms with van der Waals surface area (Å²) in [6.07, 6.45) is 6.20. The van der Waals surface area contributed by atoms with Crippen molar-refractivity contribution in [1.29, 1.82) is 0 Å². The van der Waals surface area contributed by atoms with E-state index in [1.165, 1.54) is 10.5 Å². The van der Waals surface area contributed by atoms with Gasteiger partial charge >= 0.3 is 0 Å². The van der Waals surface area contributed by atoms with E-state index in [9.17, 15) is 8.42 Å². The Kier molecular flexibility index (Phi) is 4.67. The molecule has 27 heavy (non-hydrogen) atoms. The minimum absolute atomic E-state index is 0.205. The zero-order valence-electron chi connectivity index (χ0n) is 14.9. The lowest BCUT2D eigenvalue weighted by atomic mass is 10.1. The topological polar surface area (TPSA) is 88.2 Å². The average Bonchev–Trinajstić information content (AvgIpc) is 3.38. The first-order chi connectivity index (χ1) is 13.1. The van der Waals surface area contributed by atoms with Gasteiger partial charge in [0.25, 0.3) is 0 Å². The van der Waals surface area contributed by atoms with Crippen molar-refractivity contribution in [2.45, 2.75) is 23.8 Å². The summed E-state index contributed by atoms with van der Waals surface area (Å²) in [5.74, 6) is 1.41. The molecule has 2 aromatic heterocycles. The highest BCUT2D eigenvalue weighted by Crippen LogP contribution is 2.36. The van der Waals surface area contributed by atoms with E-state index >= 15 is 0 Å². The fourth-order valence-corrected chi connectivity index (χ4v) is 5.00. The molecule has 0 saturated carbocycles. The molecule has 0 aliphatic carbocycles. The first kappa shape index (κ1) is 17.7. The minimum atomic E-state index is -3.61. The van der Waals surface area contributed by atoms with Gasteiger partial charge in [-0.3, -0.25) is 4.98 Å². The van der Waals surface area contributed by atoms with Crippen LogP contribution in [0.15, 0.2) is 59.9 Å². The predicted molar refractivity (Wildman–Crippen MR) is 101 cm³/mol. The summed E-state index contributed by atoms with van der Waals surface area (Å²) >= 11 is 0. The molecule has 3 heterocycles. The third-order valence-corrected chi connectivity index (χ3v) is 6.63. The monoisotopic (exact) mass is 384 g/mol. The van der Waals surface area contributed by atoms with Crippen LogP contribution in [-0.2, 0) is 10.0 Å². The van der Waals surface area contributed by atoms with Crippen LogP contribution in [0.5, 0.6) is 5.75 Å². The van der Waals surface area contributed by atoms with Crippen LogP contribution in [0.4, 0.5) is 0 Å². The van der Waals surface area contributed by atoms with Gasteiger partial charge in [-0.05, 0) is 37.1 Å². The molecule has 1 fully saturated rings. The number of rotatable bonds is 5. The molecule has 1 atom stereocenters. The molecule has 7 nitrogen and oxygen atoms in total. The van der Waals surface area contributed by atoms with Crippen molar-refractivity contribution in [3.63, 3.8) is 0 Å². The predicted octanol–water partition coefficient (Wildman–Crippen LogP) is 3.01. The van der Waals surface area contributed by atoms with Crippen molar-refractivity contribution in [3.05, 3.63) is 60.8 Å². The fraction of sp³-hybridized carbons (Fsp3) is 0.263. The summed E-state index contributed by atoms with van der Waals surface area (Å²) in [5, 5.41) is 0. The molecule has 1 saturated heterocycles. The summed E-state index contributed by atoms with van der Waals surface area (Å²) in [4.78, 5) is 11.9. The highest BCUT2D eigenvalue weighted by Gasteiger charge is 2.37. The van der Waals surface area contributed by atoms with E-state index in [1.807, 2.05) is 24.3 Å². The van der Waals surface area contributed by atoms with Gasteiger partial charge in [0.15, 0.2) is 0 Å². The second-order valence-corrected chi connectivity index (χ2v) is 8.27. The third-order valence-electron chi connectivity index (χ3n) is 4.74. The highest BCUT2D eigenvalue weighted by molar-refractivity contribution is 7.89. The largest absolute Gasteiger partial charge is 0.497 e. The number of pyridine rings is 1. The SMILES string of the molecule is COc1cccc(-c2cnc([C@@H]3CCCN3S(=O)(=O)c3cccnc3)[nH]2)c1. The number of benzene rings is 1. The first-order valence-corrected chi connectivity index (χ1v) is 10.1. The summed E-state index contributed by atoms with van der Waals surface area (Å²) in [7, 11) is -1.99. The zero-order valence-corrected chi connectivity index (χ0v) is 15.7. The minimum Gasteiger partial charge on any atom is -0.497 e. The van der Waals surface area contributed by atoms with Gasteiger partial charge in [0, 0.05) is 24.5 Å². The molecule has 4 rings (SSSR count). The number of methoxy groups -OCH3 is 1. The summed E-state index contributed by atoms with van der Waals surface area (Å²) in [6.45, 7) is 0.469. The van der Waals surface area contributed by atoms with Crippen LogP contribution in [0, 0.1) is 0 Å². The Morgan fingerprint density at radius 1 is 1.22 bits per heavy atom. The maximum atomic E-state index is 13.0. The van der Waals surface area contributed by atoms with Gasteiger partial charge in [0.05, 0.1) is 25.0 Å². The molecule has 1 aliphatic heterocycles. The van der Waals surface area contributed by atoms with Crippen LogP contribution >= 0.6 is 0 Å². The van der Waals surface area contributed by atoms with E-state index in [4.69, 9.17) is 4.74 Å². The van der Waals surface area contributed by atoms with Crippen molar-refractivity contribution in [2.75, 3.05) is 13.7 Å². The number of hydrogen-bond donors (Lipinski definition) is 1. The molecule has 140 valence electrons. The zero-order chi connectivity index (χ0) is 18.9. The summed E-state index contributed by atoms with van der Waals surface area (Å²) < 4.78 is 32.8. The third kappa shape index (κ3) is 3.33. The van der Waals surface area contributed by atoms with Gasteiger partial charge in [0.1, 0.15) is 16.5 Å². The van der Waals surface area contributed by atoms with E-state index in [2.05, 4.69) is 15.0 Å². The fourth-order valence-electron chi connectivity index (χ4n) is 3.38. The van der Waals surface area contributed by atoms with Gasteiger partial charge in [-0.25, -0.2) is 13.4 Å². The van der Waals surface area contributed by atoms with Gasteiger partial charge in [-0.15, -0.1) is 0 Å². The van der Waals surface area contributed by atoms with Crippen LogP contribution in [0.25, 0.3) is 11.3 Å². The number of hydrogen-bond acceptors (Lipinski definition) is 5. The molecule has 1 N–H and O–H groups in total. The number of sulfonamides is 1. The molecule has 0 spiro atoms. The summed E-state index contributed by atoms with van der Waals surface area (Å²) in [5.41, 5.74) is 1.77. The highest BCUT2D eigenvalue weighted by atomic mass is 32.2. The molecule has 8 heteroatoms. The van der Waals surface area contributed by atoms with E-state index in [0.717, 1.165) is 29.8 Å². The van der Waals surface area contributed by atoms with Crippen LogP contribution in [0.2, 0.25) is 0 Å². The van der Waals surface area contributed by atoms with Crippen LogP contribution < -0.4 is 4.74 Å². The van der Waals surface area contributed by atoms with Crippen LogP contribution in [-0.4, -0.2) is 41.3 Å². The summed E-state index contributed by atoms with van der Waals surface area (Å²) in [6, 6.07) is 10.5. The van der Waals surface area contributed by atoms with Crippen molar-refractivity contribution >= 4 is 10.0 Å². The van der Waals surface area contributed by atoms with Gasteiger partial charge in [-0.1, -0.05) is 12.1 Å². The molecule has 0 radical (unpaired) electrons. The van der Waals surface area contributed by atoms with Gasteiger partial charge in [-0.2, -0.15) is 4.31 Å². The van der Waals surface area contributed by atoms with Crippen molar-refractivity contribution in [3.8, 4) is 17.0 Å². The lowest BCUT2D eigenvalue weighted by molar-refractivity contribution is 0.385. The van der Waals surface area contributed by atoms with Gasteiger partial charge < -0.3 is 9.72 Å². The average molecular weight is 384 g/mol. The number of nitrogens with zero attached hydrogens (tertiary/aromatic N) is 3. The van der Waals surface area contributed by atoms with E-state index in [-0.39, 0.29) is 10.9 Å². The second kappa shape index (κ2) is 7.13. The quantitative estimate of drug-likeness (QED) is 0.730. The first-order valence-electron chi connectivity index (χ1n) is 8.71. The second-order valence-electron chi connectivity index (χ2n) is 6.38. The number of H-pyrrole nitrogens is 1. The molecular formula is C19H20N4O3S. The Bertz CT molecular complexity index is 1030. The maximum Gasteiger partial charge on any atom is 0.245 e. The normalized spacial score (nSPS) is 17.9. The Balaban J connectivity index is 1.64. The molecule has 3 aromatic rings. The lowest BCUT2D eigenvalue weighted by Crippen LogP contribution is -2.31. The molecule has 0 bridgehead atoms. The van der Waals surface area contributed by atoms with Crippen LogP contribution in [0.3, 0.4) is 0 Å². The molecule has 1 aromatic carbocycles. The number of imidazole rings is 1. The van der Waals surface area contributed by atoms with Gasteiger partial charge in [0.2, 0.25) is 10.0 Å². The number of aromatic nitrogens is 3. The van der Waals surface area contributed by atoms with Crippen molar-refractivity contribution in [2.24, 2.45) is 0 Å². The molecule has 0 amide bonds. The molecular weight excluding hydrogens is 364 g/mol. The molecule has 0 unspecified atom stereocenters. The molecule has 1 aliphatic rings. The Morgan fingerprint density at radius 2 is 2.11 bits per heavy atom. The van der Waals surface area contributed by atoms with E-state index < -0.39 is 10.0 Å². The Hall–Kier alpha value is -2.71. The number of aromatic amines is 1. The van der Waals surface area contributed by atoms with Crippen LogP contribution in [0.1, 0.15) is 24.7 Å².